The van der Waals surface area contributed by atoms with E-state index in [2.05, 4.69) is 6.07 Å². The summed E-state index contributed by atoms with van der Waals surface area (Å²) in [4.78, 5) is 22.5. The highest BCUT2D eigenvalue weighted by molar-refractivity contribution is 6.00. The Morgan fingerprint density at radius 3 is 2.50 bits per heavy atom. The largest absolute Gasteiger partial charge is 0.366 e. The molecule has 2 rings (SSSR count). The fourth-order valence-corrected chi connectivity index (χ4v) is 1.73. The van der Waals surface area contributed by atoms with Crippen LogP contribution in [0, 0.1) is 6.07 Å². The molecule has 0 spiro atoms. The zero-order valence-electron chi connectivity index (χ0n) is 9.51. The number of carbonyl (C=O) groups excluding carboxylic acids is 2. The average molecular weight is 239 g/mol. The molecule has 0 aromatic heterocycles. The minimum absolute atomic E-state index is 0.360. The summed E-state index contributed by atoms with van der Waals surface area (Å²) in [5.41, 5.74) is 12.6. The van der Waals surface area contributed by atoms with Gasteiger partial charge >= 0.3 is 0 Å². The summed E-state index contributed by atoms with van der Waals surface area (Å²) in [5, 5.41) is 0. The summed E-state index contributed by atoms with van der Waals surface area (Å²) in [6.45, 7) is 0. The molecule has 4 heteroatoms. The Morgan fingerprint density at radius 1 is 1.06 bits per heavy atom. The fraction of sp³-hybridized carbons (Fsp3) is 0. The predicted octanol–water partition coefficient (Wildman–Crippen LogP) is 1.35. The molecule has 1 radical (unpaired) electrons. The van der Waals surface area contributed by atoms with Crippen molar-refractivity contribution in [3.63, 3.8) is 0 Å². The third-order valence-corrected chi connectivity index (χ3v) is 2.59. The molecule has 18 heavy (non-hydrogen) atoms. The van der Waals surface area contributed by atoms with E-state index in [0.717, 1.165) is 0 Å². The molecule has 0 bridgehead atoms. The molecule has 0 saturated heterocycles. The lowest BCUT2D eigenvalue weighted by molar-refractivity contribution is 0.0992. The van der Waals surface area contributed by atoms with E-state index >= 15 is 0 Å². The Labute approximate surface area is 104 Å². The summed E-state index contributed by atoms with van der Waals surface area (Å²) in [6.07, 6.45) is 0. The third-order valence-electron chi connectivity index (χ3n) is 2.59. The van der Waals surface area contributed by atoms with Crippen LogP contribution >= 0.6 is 0 Å². The van der Waals surface area contributed by atoms with Gasteiger partial charge < -0.3 is 11.5 Å². The molecule has 0 aliphatic rings. The van der Waals surface area contributed by atoms with E-state index in [0.29, 0.717) is 22.3 Å². The van der Waals surface area contributed by atoms with Gasteiger partial charge in [-0.2, -0.15) is 0 Å². The van der Waals surface area contributed by atoms with E-state index in [1.807, 2.05) is 0 Å². The monoisotopic (exact) mass is 239 g/mol. The van der Waals surface area contributed by atoms with E-state index in [1.165, 1.54) is 6.07 Å². The van der Waals surface area contributed by atoms with Crippen LogP contribution in [0.3, 0.4) is 0 Å². The standard InChI is InChI=1S/C14H11N2O2/c15-13(17)10-5-3-4-9(8-10)11-6-1-2-7-12(11)14(16)18/h1,3-8H,(H2,15,17)(H2,16,18). The molecule has 2 aromatic rings. The van der Waals surface area contributed by atoms with Crippen LogP contribution < -0.4 is 11.5 Å². The van der Waals surface area contributed by atoms with Gasteiger partial charge in [0.2, 0.25) is 11.8 Å². The Morgan fingerprint density at radius 2 is 1.83 bits per heavy atom. The van der Waals surface area contributed by atoms with Crippen molar-refractivity contribution in [3.8, 4) is 11.1 Å². The zero-order valence-corrected chi connectivity index (χ0v) is 9.51. The molecule has 0 aliphatic heterocycles. The molecule has 0 unspecified atom stereocenters. The summed E-state index contributed by atoms with van der Waals surface area (Å²) >= 11 is 0. The Bertz CT molecular complexity index is 621. The molecule has 2 amide bonds. The van der Waals surface area contributed by atoms with Crippen LogP contribution in [0.5, 0.6) is 0 Å². The van der Waals surface area contributed by atoms with Crippen LogP contribution in [0.4, 0.5) is 0 Å². The topological polar surface area (TPSA) is 86.2 Å². The van der Waals surface area contributed by atoms with Crippen molar-refractivity contribution in [3.05, 3.63) is 59.7 Å². The lowest BCUT2D eigenvalue weighted by atomic mass is 9.98. The number of primary amides is 2. The van der Waals surface area contributed by atoms with Gasteiger partial charge in [0.1, 0.15) is 0 Å². The summed E-state index contributed by atoms with van der Waals surface area (Å²) < 4.78 is 0. The van der Waals surface area contributed by atoms with Crippen LogP contribution in [-0.2, 0) is 0 Å². The van der Waals surface area contributed by atoms with E-state index in [4.69, 9.17) is 11.5 Å². The minimum atomic E-state index is -0.536. The lowest BCUT2D eigenvalue weighted by Crippen LogP contribution is -2.13. The normalized spacial score (nSPS) is 10.0. The molecule has 89 valence electrons. The van der Waals surface area contributed by atoms with Gasteiger partial charge in [-0.3, -0.25) is 9.59 Å². The van der Waals surface area contributed by atoms with Crippen LogP contribution in [0.15, 0.2) is 42.5 Å². The maximum Gasteiger partial charge on any atom is 0.249 e. The highest BCUT2D eigenvalue weighted by Gasteiger charge is 2.10. The van der Waals surface area contributed by atoms with Gasteiger partial charge in [-0.25, -0.2) is 0 Å². The van der Waals surface area contributed by atoms with Crippen molar-refractivity contribution in [2.45, 2.75) is 0 Å². The van der Waals surface area contributed by atoms with Crippen molar-refractivity contribution >= 4 is 11.8 Å². The van der Waals surface area contributed by atoms with E-state index in [1.54, 1.807) is 36.4 Å². The first kappa shape index (κ1) is 11.9. The Hall–Kier alpha value is -2.62. The molecule has 2 aromatic carbocycles. The van der Waals surface area contributed by atoms with Crippen LogP contribution in [0.25, 0.3) is 11.1 Å². The molecular formula is C14H11N2O2. The number of benzene rings is 2. The fourth-order valence-electron chi connectivity index (χ4n) is 1.73. The number of hydrogen-bond acceptors (Lipinski definition) is 2. The Balaban J connectivity index is 2.58. The molecule has 0 saturated carbocycles. The molecule has 0 fully saturated rings. The smallest absolute Gasteiger partial charge is 0.249 e. The molecule has 4 nitrogen and oxygen atoms in total. The van der Waals surface area contributed by atoms with E-state index < -0.39 is 11.8 Å². The minimum Gasteiger partial charge on any atom is -0.366 e. The maximum absolute atomic E-state index is 11.3. The number of amides is 2. The zero-order chi connectivity index (χ0) is 13.1. The first-order valence-electron chi connectivity index (χ1n) is 5.29. The molecule has 0 aliphatic carbocycles. The first-order valence-corrected chi connectivity index (χ1v) is 5.29. The van der Waals surface area contributed by atoms with Crippen molar-refractivity contribution in [1.82, 2.24) is 0 Å². The van der Waals surface area contributed by atoms with Gasteiger partial charge in [0.05, 0.1) is 0 Å². The molecule has 0 heterocycles. The average Bonchev–Trinajstić information content (AvgIpc) is 2.39. The summed E-state index contributed by atoms with van der Waals surface area (Å²) in [6, 6.07) is 14.5. The number of rotatable bonds is 3. The van der Waals surface area contributed by atoms with Crippen molar-refractivity contribution in [2.24, 2.45) is 11.5 Å². The van der Waals surface area contributed by atoms with Gasteiger partial charge in [-0.05, 0) is 35.4 Å². The second kappa shape index (κ2) is 4.71. The van der Waals surface area contributed by atoms with Crippen LogP contribution in [-0.4, -0.2) is 11.8 Å². The second-order valence-corrected chi connectivity index (χ2v) is 3.78. The predicted molar refractivity (Wildman–Crippen MR) is 67.7 cm³/mol. The quantitative estimate of drug-likeness (QED) is 0.847. The van der Waals surface area contributed by atoms with E-state index in [9.17, 15) is 9.59 Å². The number of nitrogens with two attached hydrogens (primary N) is 2. The summed E-state index contributed by atoms with van der Waals surface area (Å²) in [5.74, 6) is -1.05. The first-order chi connectivity index (χ1) is 8.59. The molecular weight excluding hydrogens is 228 g/mol. The third kappa shape index (κ3) is 2.22. The van der Waals surface area contributed by atoms with Crippen LogP contribution in [0.2, 0.25) is 0 Å². The SMILES string of the molecule is NC(=O)c1cccc(-c2cc[c]cc2C(N)=O)c1. The van der Waals surface area contributed by atoms with Gasteiger partial charge in [0.25, 0.3) is 0 Å². The number of carbonyl (C=O) groups is 2. The lowest BCUT2D eigenvalue weighted by Gasteiger charge is -2.07. The number of hydrogen-bond donors (Lipinski definition) is 2. The molecule has 4 N–H and O–H groups in total. The highest BCUT2D eigenvalue weighted by atomic mass is 16.1. The van der Waals surface area contributed by atoms with Gasteiger partial charge in [0.15, 0.2) is 0 Å². The highest BCUT2D eigenvalue weighted by Crippen LogP contribution is 2.24. The van der Waals surface area contributed by atoms with Crippen LogP contribution in [0.1, 0.15) is 20.7 Å². The van der Waals surface area contributed by atoms with Crippen molar-refractivity contribution in [2.75, 3.05) is 0 Å². The van der Waals surface area contributed by atoms with Gasteiger partial charge in [0, 0.05) is 11.1 Å². The van der Waals surface area contributed by atoms with Crippen molar-refractivity contribution in [1.29, 1.82) is 0 Å². The van der Waals surface area contributed by atoms with Gasteiger partial charge in [-0.15, -0.1) is 0 Å². The Kier molecular flexibility index (Phi) is 3.10. The molecule has 0 atom stereocenters. The van der Waals surface area contributed by atoms with Crippen molar-refractivity contribution < 1.29 is 9.59 Å². The second-order valence-electron chi connectivity index (χ2n) is 3.78. The van der Waals surface area contributed by atoms with Gasteiger partial charge in [-0.1, -0.05) is 24.3 Å². The maximum atomic E-state index is 11.3. The summed E-state index contributed by atoms with van der Waals surface area (Å²) in [7, 11) is 0. The van der Waals surface area contributed by atoms with E-state index in [-0.39, 0.29) is 0 Å².